The first-order valence-corrected chi connectivity index (χ1v) is 9.80. The third kappa shape index (κ3) is 5.97. The summed E-state index contributed by atoms with van der Waals surface area (Å²) in [5.41, 5.74) is 2.31. The van der Waals surface area contributed by atoms with Crippen LogP contribution in [0.1, 0.15) is 24.1 Å². The van der Waals surface area contributed by atoms with Gasteiger partial charge in [-0.1, -0.05) is 6.07 Å². The summed E-state index contributed by atoms with van der Waals surface area (Å²) in [6.45, 7) is 4.75. The molecule has 0 aromatic carbocycles. The highest BCUT2D eigenvalue weighted by atomic mass is 127. The van der Waals surface area contributed by atoms with E-state index in [4.69, 9.17) is 0 Å². The van der Waals surface area contributed by atoms with Gasteiger partial charge in [-0.05, 0) is 31.4 Å². The van der Waals surface area contributed by atoms with Crippen LogP contribution in [0.2, 0.25) is 0 Å². The Morgan fingerprint density at radius 2 is 1.93 bits per heavy atom. The Balaban J connectivity index is 0.00000300. The van der Waals surface area contributed by atoms with Crippen LogP contribution in [0.4, 0.5) is 11.8 Å². The van der Waals surface area contributed by atoms with Crippen LogP contribution in [0.25, 0.3) is 0 Å². The number of rotatable bonds is 5. The minimum atomic E-state index is 0. The lowest BCUT2D eigenvalue weighted by molar-refractivity contribution is 0.459. The second kappa shape index (κ2) is 10.7. The van der Waals surface area contributed by atoms with Crippen molar-refractivity contribution in [1.82, 2.24) is 25.2 Å². The molecule has 0 unspecified atom stereocenters. The summed E-state index contributed by atoms with van der Waals surface area (Å²) in [5.74, 6) is 2.84. The van der Waals surface area contributed by atoms with Crippen molar-refractivity contribution < 1.29 is 0 Å². The molecule has 0 spiro atoms. The summed E-state index contributed by atoms with van der Waals surface area (Å²) in [7, 11) is 7.84. The van der Waals surface area contributed by atoms with Gasteiger partial charge in [0.15, 0.2) is 5.96 Å². The minimum absolute atomic E-state index is 0. The van der Waals surface area contributed by atoms with E-state index in [1.54, 1.807) is 0 Å². The Kier molecular flexibility index (Phi) is 8.54. The predicted octanol–water partition coefficient (Wildman–Crippen LogP) is 2.14. The number of aromatic nitrogens is 3. The Hall–Kier alpha value is -2.04. The molecule has 3 rings (SSSR count). The summed E-state index contributed by atoms with van der Waals surface area (Å²) in [6.07, 6.45) is 5.97. The summed E-state index contributed by atoms with van der Waals surface area (Å²) in [4.78, 5) is 17.7. The van der Waals surface area contributed by atoms with Crippen LogP contribution in [0.3, 0.4) is 0 Å². The van der Waals surface area contributed by atoms with Crippen molar-refractivity contribution in [3.05, 3.63) is 35.8 Å². The van der Waals surface area contributed by atoms with E-state index in [0.29, 0.717) is 12.6 Å². The second-order valence-corrected chi connectivity index (χ2v) is 7.53. The van der Waals surface area contributed by atoms with Crippen molar-refractivity contribution >= 4 is 41.7 Å². The van der Waals surface area contributed by atoms with Crippen LogP contribution in [-0.2, 0) is 13.6 Å². The van der Waals surface area contributed by atoms with Gasteiger partial charge < -0.3 is 25.0 Å². The largest absolute Gasteiger partial charge is 0.356 e. The molecular formula is C20H33IN8. The molecule has 1 aliphatic heterocycles. The average Bonchev–Trinajstić information content (AvgIpc) is 3.07. The number of hydrogen-bond donors (Lipinski definition) is 2. The standard InChI is InChI=1S/C20H32N8.HI/c1-15-6-7-18(22-12-15)28-10-8-16(9-11-28)25-19(21-2)23-13-17-14-24-20(26(3)4)27(17)5;/h6-7,12,14,16H,8-11,13H2,1-5H3,(H2,21,23,25);1H. The number of nitrogens with one attached hydrogen (secondary N) is 2. The van der Waals surface area contributed by atoms with E-state index in [9.17, 15) is 0 Å². The molecule has 160 valence electrons. The van der Waals surface area contributed by atoms with E-state index in [1.807, 2.05) is 45.5 Å². The van der Waals surface area contributed by atoms with Crippen molar-refractivity contribution in [3.63, 3.8) is 0 Å². The van der Waals surface area contributed by atoms with E-state index in [0.717, 1.165) is 49.4 Å². The van der Waals surface area contributed by atoms with Gasteiger partial charge in [-0.3, -0.25) is 4.99 Å². The van der Waals surface area contributed by atoms with E-state index in [1.165, 1.54) is 5.56 Å². The van der Waals surface area contributed by atoms with Crippen LogP contribution < -0.4 is 20.4 Å². The Morgan fingerprint density at radius 3 is 2.48 bits per heavy atom. The van der Waals surface area contributed by atoms with Crippen LogP contribution >= 0.6 is 24.0 Å². The summed E-state index contributed by atoms with van der Waals surface area (Å²) >= 11 is 0. The molecule has 29 heavy (non-hydrogen) atoms. The summed E-state index contributed by atoms with van der Waals surface area (Å²) < 4.78 is 2.09. The fraction of sp³-hybridized carbons (Fsp3) is 0.550. The zero-order valence-corrected chi connectivity index (χ0v) is 20.3. The van der Waals surface area contributed by atoms with Crippen molar-refractivity contribution in [2.45, 2.75) is 32.4 Å². The second-order valence-electron chi connectivity index (χ2n) is 7.53. The highest BCUT2D eigenvalue weighted by Gasteiger charge is 2.21. The van der Waals surface area contributed by atoms with Crippen molar-refractivity contribution in [3.8, 4) is 0 Å². The number of piperidine rings is 1. The lowest BCUT2D eigenvalue weighted by Crippen LogP contribution is -2.48. The molecule has 0 atom stereocenters. The average molecular weight is 512 g/mol. The SMILES string of the molecule is CN=C(NCc1cnc(N(C)C)n1C)NC1CCN(c2ccc(C)cn2)CC1.I. The molecular weight excluding hydrogens is 479 g/mol. The van der Waals surface area contributed by atoms with Gasteiger partial charge in [-0.15, -0.1) is 24.0 Å². The molecule has 2 N–H and O–H groups in total. The van der Waals surface area contributed by atoms with Crippen molar-refractivity contribution in [2.24, 2.45) is 12.0 Å². The number of halogens is 1. The summed E-state index contributed by atoms with van der Waals surface area (Å²) in [5, 5.41) is 6.97. The summed E-state index contributed by atoms with van der Waals surface area (Å²) in [6, 6.07) is 4.65. The number of imidazole rings is 1. The topological polar surface area (TPSA) is 73.6 Å². The Morgan fingerprint density at radius 1 is 1.21 bits per heavy atom. The minimum Gasteiger partial charge on any atom is -0.356 e. The van der Waals surface area contributed by atoms with Crippen molar-refractivity contribution in [1.29, 1.82) is 0 Å². The maximum absolute atomic E-state index is 4.55. The zero-order chi connectivity index (χ0) is 20.1. The zero-order valence-electron chi connectivity index (χ0n) is 18.0. The molecule has 8 nitrogen and oxygen atoms in total. The maximum atomic E-state index is 4.55. The van der Waals surface area contributed by atoms with E-state index < -0.39 is 0 Å². The van der Waals surface area contributed by atoms with Gasteiger partial charge in [0.05, 0.1) is 18.4 Å². The van der Waals surface area contributed by atoms with Crippen LogP contribution in [0, 0.1) is 6.92 Å². The number of aryl methyl sites for hydroxylation is 1. The maximum Gasteiger partial charge on any atom is 0.204 e. The van der Waals surface area contributed by atoms with Crippen LogP contribution in [0.5, 0.6) is 0 Å². The molecule has 0 aliphatic carbocycles. The fourth-order valence-electron chi connectivity index (χ4n) is 3.48. The quantitative estimate of drug-likeness (QED) is 0.364. The normalized spacial score (nSPS) is 15.1. The fourth-order valence-corrected chi connectivity index (χ4v) is 3.48. The first-order valence-electron chi connectivity index (χ1n) is 9.80. The van der Waals surface area contributed by atoms with Gasteiger partial charge in [0.2, 0.25) is 5.95 Å². The highest BCUT2D eigenvalue weighted by molar-refractivity contribution is 14.0. The third-order valence-electron chi connectivity index (χ3n) is 5.18. The lowest BCUT2D eigenvalue weighted by Gasteiger charge is -2.33. The van der Waals surface area contributed by atoms with E-state index in [-0.39, 0.29) is 24.0 Å². The number of nitrogens with zero attached hydrogens (tertiary/aromatic N) is 6. The van der Waals surface area contributed by atoms with E-state index in [2.05, 4.69) is 54.1 Å². The number of aliphatic imine (C=N–C) groups is 1. The first kappa shape index (κ1) is 23.2. The molecule has 1 saturated heterocycles. The van der Waals surface area contributed by atoms with Gasteiger partial charge in [0.25, 0.3) is 0 Å². The molecule has 0 bridgehead atoms. The van der Waals surface area contributed by atoms with Crippen molar-refractivity contribution in [2.75, 3.05) is 44.0 Å². The monoisotopic (exact) mass is 512 g/mol. The van der Waals surface area contributed by atoms with E-state index >= 15 is 0 Å². The highest BCUT2D eigenvalue weighted by Crippen LogP contribution is 2.18. The number of guanidine groups is 1. The first-order chi connectivity index (χ1) is 13.5. The van der Waals surface area contributed by atoms with Gasteiger partial charge in [-0.2, -0.15) is 0 Å². The molecule has 2 aromatic heterocycles. The predicted molar refractivity (Wildman–Crippen MR) is 130 cm³/mol. The molecule has 0 saturated carbocycles. The van der Waals surface area contributed by atoms with Gasteiger partial charge in [0, 0.05) is 53.5 Å². The Labute approximate surface area is 190 Å². The number of hydrogen-bond acceptors (Lipinski definition) is 5. The van der Waals surface area contributed by atoms with Gasteiger partial charge in [-0.25, -0.2) is 9.97 Å². The number of anilines is 2. The molecule has 9 heteroatoms. The smallest absolute Gasteiger partial charge is 0.204 e. The third-order valence-corrected chi connectivity index (χ3v) is 5.18. The molecule has 0 amide bonds. The number of pyridine rings is 1. The molecule has 3 heterocycles. The molecule has 1 fully saturated rings. The van der Waals surface area contributed by atoms with Crippen LogP contribution in [0.15, 0.2) is 29.5 Å². The van der Waals surface area contributed by atoms with Gasteiger partial charge in [0.1, 0.15) is 5.82 Å². The molecule has 1 aliphatic rings. The van der Waals surface area contributed by atoms with Crippen LogP contribution in [-0.4, -0.2) is 60.8 Å². The lowest BCUT2D eigenvalue weighted by atomic mass is 10.1. The molecule has 0 radical (unpaired) electrons. The van der Waals surface area contributed by atoms with Gasteiger partial charge >= 0.3 is 0 Å². The Bertz CT molecular complexity index is 791. The molecule has 2 aromatic rings.